The average molecular weight is 219 g/mol. The van der Waals surface area contributed by atoms with E-state index in [4.69, 9.17) is 5.11 Å². The lowest BCUT2D eigenvalue weighted by Crippen LogP contribution is -2.35. The Kier molecular flexibility index (Phi) is 3.62. The van der Waals surface area contributed by atoms with Crippen molar-refractivity contribution in [3.63, 3.8) is 0 Å². The van der Waals surface area contributed by atoms with Crippen LogP contribution in [-0.2, 0) is 0 Å². The highest BCUT2D eigenvalue weighted by atomic mass is 16.3. The van der Waals surface area contributed by atoms with E-state index in [0.717, 1.165) is 0 Å². The summed E-state index contributed by atoms with van der Waals surface area (Å²) in [4.78, 5) is 0. The molecule has 0 bridgehead atoms. The number of aliphatic hydroxyl groups excluding tert-OH is 1. The molecule has 3 atom stereocenters. The van der Waals surface area contributed by atoms with Crippen molar-refractivity contribution in [2.75, 3.05) is 6.61 Å². The van der Waals surface area contributed by atoms with Gasteiger partial charge < -0.3 is 10.4 Å². The molecule has 0 spiro atoms. The first-order valence-electron chi connectivity index (χ1n) is 6.18. The molecule has 0 heterocycles. The molecule has 0 amide bonds. The first-order valence-corrected chi connectivity index (χ1v) is 6.18. The van der Waals surface area contributed by atoms with Gasteiger partial charge in [-0.25, -0.2) is 0 Å². The summed E-state index contributed by atoms with van der Waals surface area (Å²) in [6.45, 7) is 4.53. The van der Waals surface area contributed by atoms with E-state index < -0.39 is 0 Å². The number of fused-ring (bicyclic) bond motifs is 1. The van der Waals surface area contributed by atoms with Crippen LogP contribution in [-0.4, -0.2) is 17.8 Å². The number of hydrogen-bond acceptors (Lipinski definition) is 2. The highest BCUT2D eigenvalue weighted by Gasteiger charge is 2.24. The highest BCUT2D eigenvalue weighted by Crippen LogP contribution is 2.37. The van der Waals surface area contributed by atoms with Crippen LogP contribution in [0.1, 0.15) is 49.8 Å². The predicted octanol–water partition coefficient (Wildman–Crippen LogP) is 2.60. The molecule has 2 rings (SSSR count). The molecule has 0 aliphatic heterocycles. The third-order valence-corrected chi connectivity index (χ3v) is 3.55. The van der Waals surface area contributed by atoms with Gasteiger partial charge in [-0.2, -0.15) is 0 Å². The van der Waals surface area contributed by atoms with Gasteiger partial charge in [0.1, 0.15) is 0 Å². The maximum atomic E-state index is 9.10. The third kappa shape index (κ3) is 2.28. The lowest BCUT2D eigenvalue weighted by molar-refractivity contribution is 0.235. The second kappa shape index (κ2) is 4.98. The fraction of sp³-hybridized carbons (Fsp3) is 0.571. The second-order valence-electron chi connectivity index (χ2n) is 4.91. The fourth-order valence-electron chi connectivity index (χ4n) is 2.57. The largest absolute Gasteiger partial charge is 0.395 e. The Balaban J connectivity index is 2.21. The van der Waals surface area contributed by atoms with Crippen LogP contribution in [0.5, 0.6) is 0 Å². The first kappa shape index (κ1) is 11.6. The fourth-order valence-corrected chi connectivity index (χ4v) is 2.57. The van der Waals surface area contributed by atoms with E-state index in [0.29, 0.717) is 12.0 Å². The van der Waals surface area contributed by atoms with Gasteiger partial charge in [0.05, 0.1) is 6.61 Å². The van der Waals surface area contributed by atoms with Gasteiger partial charge in [0.15, 0.2) is 0 Å². The van der Waals surface area contributed by atoms with Crippen molar-refractivity contribution < 1.29 is 5.11 Å². The van der Waals surface area contributed by atoms with Crippen LogP contribution in [0.4, 0.5) is 0 Å². The van der Waals surface area contributed by atoms with Crippen molar-refractivity contribution in [2.24, 2.45) is 0 Å². The molecule has 1 aromatic carbocycles. The number of rotatable bonds is 3. The quantitative estimate of drug-likeness (QED) is 0.819. The van der Waals surface area contributed by atoms with Gasteiger partial charge in [-0.1, -0.05) is 31.2 Å². The Labute approximate surface area is 97.7 Å². The van der Waals surface area contributed by atoms with Crippen molar-refractivity contribution in [3.8, 4) is 0 Å². The molecule has 0 radical (unpaired) electrons. The minimum atomic E-state index is 0.173. The Morgan fingerprint density at radius 1 is 1.31 bits per heavy atom. The molecule has 1 aliphatic rings. The van der Waals surface area contributed by atoms with Crippen LogP contribution in [0.3, 0.4) is 0 Å². The van der Waals surface area contributed by atoms with E-state index in [1.165, 1.54) is 24.0 Å². The molecule has 1 aliphatic carbocycles. The molecule has 2 N–H and O–H groups in total. The van der Waals surface area contributed by atoms with Gasteiger partial charge in [-0.05, 0) is 36.8 Å². The molecule has 0 aromatic heterocycles. The second-order valence-corrected chi connectivity index (χ2v) is 4.91. The van der Waals surface area contributed by atoms with E-state index in [9.17, 15) is 0 Å². The molecule has 16 heavy (non-hydrogen) atoms. The zero-order valence-electron chi connectivity index (χ0n) is 10.1. The van der Waals surface area contributed by atoms with E-state index in [-0.39, 0.29) is 12.6 Å². The molecule has 2 nitrogen and oxygen atoms in total. The van der Waals surface area contributed by atoms with Crippen molar-refractivity contribution in [1.82, 2.24) is 5.32 Å². The lowest BCUT2D eigenvalue weighted by Gasteiger charge is -2.32. The molecule has 0 fully saturated rings. The zero-order chi connectivity index (χ0) is 11.5. The summed E-state index contributed by atoms with van der Waals surface area (Å²) in [5.74, 6) is 0.665. The molecule has 0 saturated heterocycles. The smallest absolute Gasteiger partial charge is 0.0582 e. The monoisotopic (exact) mass is 219 g/mol. The molecule has 88 valence electrons. The maximum Gasteiger partial charge on any atom is 0.0582 e. The normalized spacial score (nSPS) is 26.2. The third-order valence-electron chi connectivity index (χ3n) is 3.55. The SMILES string of the molecule is CC1CCC(N[C@@H](C)CO)c2ccccc21. The summed E-state index contributed by atoms with van der Waals surface area (Å²) in [6.07, 6.45) is 2.40. The van der Waals surface area contributed by atoms with Crippen LogP contribution >= 0.6 is 0 Å². The van der Waals surface area contributed by atoms with Gasteiger partial charge >= 0.3 is 0 Å². The molecule has 0 saturated carbocycles. The van der Waals surface area contributed by atoms with Crippen molar-refractivity contribution >= 4 is 0 Å². The number of benzene rings is 1. The highest BCUT2D eigenvalue weighted by molar-refractivity contribution is 5.34. The van der Waals surface area contributed by atoms with Crippen LogP contribution < -0.4 is 5.32 Å². The Bertz CT molecular complexity index is 350. The molecule has 2 heteroatoms. The molecular formula is C14H21NO. The molecule has 2 unspecified atom stereocenters. The van der Waals surface area contributed by atoms with Crippen molar-refractivity contribution in [3.05, 3.63) is 35.4 Å². The van der Waals surface area contributed by atoms with E-state index >= 15 is 0 Å². The van der Waals surface area contributed by atoms with Crippen LogP contribution in [0.25, 0.3) is 0 Å². The summed E-state index contributed by atoms with van der Waals surface area (Å²) in [5, 5.41) is 12.6. The van der Waals surface area contributed by atoms with Crippen LogP contribution in [0.15, 0.2) is 24.3 Å². The topological polar surface area (TPSA) is 32.3 Å². The summed E-state index contributed by atoms with van der Waals surface area (Å²) >= 11 is 0. The number of hydrogen-bond donors (Lipinski definition) is 2. The van der Waals surface area contributed by atoms with E-state index in [1.54, 1.807) is 0 Å². The predicted molar refractivity (Wildman–Crippen MR) is 66.5 cm³/mol. The van der Waals surface area contributed by atoms with Crippen LogP contribution in [0, 0.1) is 0 Å². The standard InChI is InChI=1S/C14H21NO/c1-10-7-8-14(15-11(2)9-16)13-6-4-3-5-12(10)13/h3-6,10-11,14-16H,7-9H2,1-2H3/t10?,11-,14?/m0/s1. The first-order chi connectivity index (χ1) is 7.72. The van der Waals surface area contributed by atoms with Gasteiger partial charge in [-0.15, -0.1) is 0 Å². The van der Waals surface area contributed by atoms with Crippen molar-refractivity contribution in [1.29, 1.82) is 0 Å². The Morgan fingerprint density at radius 3 is 2.69 bits per heavy atom. The van der Waals surface area contributed by atoms with Gasteiger partial charge in [0.2, 0.25) is 0 Å². The Morgan fingerprint density at radius 2 is 2.00 bits per heavy atom. The van der Waals surface area contributed by atoms with Gasteiger partial charge in [0, 0.05) is 12.1 Å². The summed E-state index contributed by atoms with van der Waals surface area (Å²) in [5.41, 5.74) is 2.89. The molecular weight excluding hydrogens is 198 g/mol. The minimum absolute atomic E-state index is 0.173. The average Bonchev–Trinajstić information content (AvgIpc) is 2.33. The minimum Gasteiger partial charge on any atom is -0.395 e. The lowest BCUT2D eigenvalue weighted by atomic mass is 9.81. The number of nitrogens with one attached hydrogen (secondary N) is 1. The summed E-state index contributed by atoms with van der Waals surface area (Å²) < 4.78 is 0. The maximum absolute atomic E-state index is 9.10. The van der Waals surface area contributed by atoms with E-state index in [2.05, 4.69) is 36.5 Å². The Hall–Kier alpha value is -0.860. The number of aliphatic hydroxyl groups is 1. The van der Waals surface area contributed by atoms with Crippen molar-refractivity contribution in [2.45, 2.75) is 44.7 Å². The van der Waals surface area contributed by atoms with Gasteiger partial charge in [-0.3, -0.25) is 0 Å². The summed E-state index contributed by atoms with van der Waals surface area (Å²) in [6, 6.07) is 9.26. The zero-order valence-corrected chi connectivity index (χ0v) is 10.1. The van der Waals surface area contributed by atoms with Crippen LogP contribution in [0.2, 0.25) is 0 Å². The molecule has 1 aromatic rings. The van der Waals surface area contributed by atoms with E-state index in [1.807, 2.05) is 6.92 Å². The van der Waals surface area contributed by atoms with Gasteiger partial charge in [0.25, 0.3) is 0 Å². The summed E-state index contributed by atoms with van der Waals surface area (Å²) in [7, 11) is 0.